The zero-order valence-corrected chi connectivity index (χ0v) is 8.98. The molecule has 0 aliphatic heterocycles. The van der Waals surface area contributed by atoms with Gasteiger partial charge in [0.1, 0.15) is 0 Å². The first-order valence-corrected chi connectivity index (χ1v) is 6.82. The van der Waals surface area contributed by atoms with Crippen molar-refractivity contribution in [3.8, 4) is 0 Å². The van der Waals surface area contributed by atoms with Crippen LogP contribution in [0.2, 0.25) is 0 Å². The molecule has 4 fully saturated rings. The van der Waals surface area contributed by atoms with Crippen LogP contribution in [0, 0.1) is 41.4 Å². The molecule has 4 saturated carbocycles. The minimum absolute atomic E-state index is 0.878. The fraction of sp³-hybridized carbons (Fsp3) is 0.500. The van der Waals surface area contributed by atoms with Gasteiger partial charge in [-0.1, -0.05) is 29.4 Å². The third-order valence-corrected chi connectivity index (χ3v) is 6.92. The lowest BCUT2D eigenvalue weighted by Gasteiger charge is -2.80. The monoisotopic (exact) mass is 204 g/mol. The molecule has 0 aromatic carbocycles. The first kappa shape index (κ1) is 6.64. The SMILES string of the molecule is C1=C2C=C3CC4C3=C3C4C4C5C(=C2)C1C5C34. The average Bonchev–Trinajstić information content (AvgIpc) is 2.51. The minimum Gasteiger partial charge on any atom is -0.0697 e. The molecular formula is C16H12. The van der Waals surface area contributed by atoms with Gasteiger partial charge in [-0.05, 0) is 58.6 Å². The molecule has 0 saturated heterocycles. The summed E-state index contributed by atoms with van der Waals surface area (Å²) in [6.07, 6.45) is 9.03. The summed E-state index contributed by atoms with van der Waals surface area (Å²) in [5.41, 5.74) is 8.89. The molecule has 0 heteroatoms. The maximum Gasteiger partial charge on any atom is 0.00320 e. The van der Waals surface area contributed by atoms with E-state index in [1.807, 2.05) is 16.7 Å². The Bertz CT molecular complexity index is 639. The molecule has 0 nitrogen and oxygen atoms in total. The fourth-order valence-electron chi connectivity index (χ4n) is 6.49. The van der Waals surface area contributed by atoms with Gasteiger partial charge in [-0.3, -0.25) is 0 Å². The van der Waals surface area contributed by atoms with Gasteiger partial charge in [0.2, 0.25) is 0 Å². The van der Waals surface area contributed by atoms with Crippen molar-refractivity contribution >= 4 is 0 Å². The molecule has 7 aliphatic carbocycles. The lowest BCUT2D eigenvalue weighted by molar-refractivity contribution is -0.170. The van der Waals surface area contributed by atoms with Crippen LogP contribution in [0.15, 0.2) is 46.1 Å². The predicted molar refractivity (Wildman–Crippen MR) is 60.3 cm³/mol. The van der Waals surface area contributed by atoms with Gasteiger partial charge in [0.25, 0.3) is 0 Å². The summed E-state index contributed by atoms with van der Waals surface area (Å²) >= 11 is 0. The zero-order chi connectivity index (χ0) is 9.76. The molecule has 16 heavy (non-hydrogen) atoms. The lowest BCUT2D eigenvalue weighted by Crippen LogP contribution is -2.74. The Morgan fingerprint density at radius 2 is 2.00 bits per heavy atom. The van der Waals surface area contributed by atoms with Crippen molar-refractivity contribution in [1.29, 1.82) is 0 Å². The maximum absolute atomic E-state index is 2.58. The second-order valence-corrected chi connectivity index (χ2v) is 6.92. The van der Waals surface area contributed by atoms with Gasteiger partial charge in [-0.2, -0.15) is 0 Å². The average molecular weight is 204 g/mol. The Hall–Kier alpha value is -1.04. The van der Waals surface area contributed by atoms with Crippen LogP contribution in [0.25, 0.3) is 0 Å². The summed E-state index contributed by atoms with van der Waals surface area (Å²) in [6, 6.07) is 0. The van der Waals surface area contributed by atoms with Crippen molar-refractivity contribution < 1.29 is 0 Å². The second-order valence-electron chi connectivity index (χ2n) is 6.92. The van der Waals surface area contributed by atoms with Crippen LogP contribution in [-0.4, -0.2) is 0 Å². The van der Waals surface area contributed by atoms with Crippen molar-refractivity contribution in [1.82, 2.24) is 0 Å². The van der Waals surface area contributed by atoms with E-state index in [1.165, 1.54) is 6.42 Å². The van der Waals surface area contributed by atoms with Gasteiger partial charge in [-0.15, -0.1) is 0 Å². The quantitative estimate of drug-likeness (QED) is 0.569. The summed E-state index contributed by atoms with van der Waals surface area (Å²) < 4.78 is 0. The molecule has 0 N–H and O–H groups in total. The molecule has 0 radical (unpaired) electrons. The van der Waals surface area contributed by atoms with Crippen LogP contribution in [0.5, 0.6) is 0 Å². The van der Waals surface area contributed by atoms with E-state index in [-0.39, 0.29) is 0 Å². The van der Waals surface area contributed by atoms with Gasteiger partial charge < -0.3 is 0 Å². The molecule has 0 amide bonds. The smallest absolute Gasteiger partial charge is 0.00320 e. The molecule has 7 unspecified atom stereocenters. The van der Waals surface area contributed by atoms with Crippen LogP contribution in [0.4, 0.5) is 0 Å². The van der Waals surface area contributed by atoms with E-state index in [9.17, 15) is 0 Å². The van der Waals surface area contributed by atoms with Crippen molar-refractivity contribution in [3.63, 3.8) is 0 Å². The van der Waals surface area contributed by atoms with Gasteiger partial charge in [-0.25, -0.2) is 0 Å². The summed E-state index contributed by atoms with van der Waals surface area (Å²) in [7, 11) is 0. The second kappa shape index (κ2) is 1.54. The lowest BCUT2D eigenvalue weighted by atomic mass is 9.24. The van der Waals surface area contributed by atoms with E-state index in [0.717, 1.165) is 41.4 Å². The first-order valence-electron chi connectivity index (χ1n) is 6.82. The van der Waals surface area contributed by atoms with Crippen LogP contribution >= 0.6 is 0 Å². The third kappa shape index (κ3) is 0.368. The molecule has 0 heterocycles. The Morgan fingerprint density at radius 3 is 3.00 bits per heavy atom. The minimum atomic E-state index is 0.878. The highest BCUT2D eigenvalue weighted by Crippen LogP contribution is 2.84. The van der Waals surface area contributed by atoms with Crippen molar-refractivity contribution in [2.75, 3.05) is 0 Å². The zero-order valence-electron chi connectivity index (χ0n) is 8.98. The fourth-order valence-corrected chi connectivity index (χ4v) is 6.49. The number of allylic oxidation sites excluding steroid dienone is 8. The summed E-state index contributed by atoms with van der Waals surface area (Å²) in [5.74, 6) is 7.24. The Morgan fingerprint density at radius 1 is 1.00 bits per heavy atom. The summed E-state index contributed by atoms with van der Waals surface area (Å²) in [5, 5.41) is 0. The molecule has 0 aromatic heterocycles. The molecule has 7 atom stereocenters. The summed E-state index contributed by atoms with van der Waals surface area (Å²) in [6.45, 7) is 0. The van der Waals surface area contributed by atoms with E-state index in [2.05, 4.69) is 18.2 Å². The van der Waals surface area contributed by atoms with E-state index < -0.39 is 0 Å². The molecule has 7 rings (SSSR count). The number of hydrogen-bond acceptors (Lipinski definition) is 0. The maximum atomic E-state index is 2.58. The third-order valence-electron chi connectivity index (χ3n) is 6.92. The standard InChI is InChI=1S/C16H12/c1-5-2-7-8(3-5)12-11(7)15-13-9-4-6(1)10(9)14(13)16(12)15/h1-3,8-9,11-13,15-16H,4H2. The van der Waals surface area contributed by atoms with Gasteiger partial charge in [0.15, 0.2) is 0 Å². The van der Waals surface area contributed by atoms with Crippen LogP contribution in [0.1, 0.15) is 6.42 Å². The highest BCUT2D eigenvalue weighted by molar-refractivity contribution is 5.69. The van der Waals surface area contributed by atoms with Gasteiger partial charge >= 0.3 is 0 Å². The number of rotatable bonds is 0. The molecule has 76 valence electrons. The highest BCUT2D eigenvalue weighted by atomic mass is 14.8. The topological polar surface area (TPSA) is 0 Å². The largest absolute Gasteiger partial charge is 0.0697 e. The Labute approximate surface area is 94.4 Å². The Balaban J connectivity index is 1.65. The molecular weight excluding hydrogens is 192 g/mol. The van der Waals surface area contributed by atoms with Crippen LogP contribution < -0.4 is 0 Å². The van der Waals surface area contributed by atoms with E-state index in [0.29, 0.717) is 0 Å². The van der Waals surface area contributed by atoms with Crippen LogP contribution in [0.3, 0.4) is 0 Å². The molecule has 0 aromatic rings. The molecule has 0 spiro atoms. The van der Waals surface area contributed by atoms with E-state index in [1.54, 1.807) is 11.1 Å². The molecule has 7 aliphatic rings. The highest BCUT2D eigenvalue weighted by Gasteiger charge is 2.77. The van der Waals surface area contributed by atoms with Gasteiger partial charge in [0, 0.05) is 5.92 Å². The molecule has 2 bridgehead atoms. The number of hydrogen-bond donors (Lipinski definition) is 0. The van der Waals surface area contributed by atoms with E-state index in [4.69, 9.17) is 0 Å². The number of fused-ring (bicyclic) bond motifs is 4. The Kier molecular flexibility index (Phi) is 0.641. The summed E-state index contributed by atoms with van der Waals surface area (Å²) in [4.78, 5) is 0. The van der Waals surface area contributed by atoms with Crippen molar-refractivity contribution in [2.24, 2.45) is 41.4 Å². The predicted octanol–water partition coefficient (Wildman–Crippen LogP) is 2.86. The van der Waals surface area contributed by atoms with Crippen molar-refractivity contribution in [2.45, 2.75) is 6.42 Å². The normalized spacial score (nSPS) is 63.0. The van der Waals surface area contributed by atoms with Gasteiger partial charge in [0.05, 0.1) is 0 Å². The first-order chi connectivity index (χ1) is 7.93. The van der Waals surface area contributed by atoms with Crippen LogP contribution in [-0.2, 0) is 0 Å². The van der Waals surface area contributed by atoms with E-state index >= 15 is 0 Å². The van der Waals surface area contributed by atoms with Crippen molar-refractivity contribution in [3.05, 3.63) is 46.1 Å².